The predicted octanol–water partition coefficient (Wildman–Crippen LogP) is 4.33. The molecule has 0 bridgehead atoms. The van der Waals surface area contributed by atoms with E-state index in [2.05, 4.69) is 27.7 Å². The molecule has 0 rings (SSSR count). The topological polar surface area (TPSA) is 0 Å². The zero-order valence-electron chi connectivity index (χ0n) is 7.79. The van der Waals surface area contributed by atoms with Crippen molar-refractivity contribution in [2.75, 3.05) is 11.5 Å². The standard InChI is InChI=1S/C8H18S2.S/c1-7(2)5-9-10-6-8(3)4;/h7-8H,5-6H2,1-4H3;. The second-order valence-electron chi connectivity index (χ2n) is 3.36. The van der Waals surface area contributed by atoms with Crippen molar-refractivity contribution in [1.82, 2.24) is 0 Å². The first-order valence-electron chi connectivity index (χ1n) is 3.87. The quantitative estimate of drug-likeness (QED) is 0.489. The summed E-state index contributed by atoms with van der Waals surface area (Å²) in [6.07, 6.45) is 0. The average Bonchev–Trinajstić information content (AvgIpc) is 1.79. The largest absolute Gasteiger partial charge is 0.0939 e. The monoisotopic (exact) mass is 210 g/mol. The van der Waals surface area contributed by atoms with Gasteiger partial charge < -0.3 is 0 Å². The van der Waals surface area contributed by atoms with Crippen molar-refractivity contribution in [1.29, 1.82) is 0 Å². The SMILES string of the molecule is CC(C)CSSCC(C)C.[S]. The van der Waals surface area contributed by atoms with Gasteiger partial charge in [0.15, 0.2) is 0 Å². The molecule has 0 aromatic heterocycles. The molecule has 0 aliphatic rings. The Kier molecular flexibility index (Phi) is 12.1. The van der Waals surface area contributed by atoms with E-state index in [0.717, 1.165) is 11.8 Å². The van der Waals surface area contributed by atoms with E-state index in [4.69, 9.17) is 0 Å². The van der Waals surface area contributed by atoms with Crippen LogP contribution >= 0.6 is 35.1 Å². The molecule has 0 saturated heterocycles. The Bertz CT molecular complexity index is 61.7. The lowest BCUT2D eigenvalue weighted by molar-refractivity contribution is 0.749. The van der Waals surface area contributed by atoms with Gasteiger partial charge in [-0.05, 0) is 11.8 Å². The van der Waals surface area contributed by atoms with Crippen LogP contribution in [0, 0.1) is 11.8 Å². The summed E-state index contributed by atoms with van der Waals surface area (Å²) >= 11 is 0. The minimum atomic E-state index is 0. The highest BCUT2D eigenvalue weighted by Crippen LogP contribution is 2.25. The van der Waals surface area contributed by atoms with E-state index in [-0.39, 0.29) is 13.5 Å². The molecule has 0 amide bonds. The van der Waals surface area contributed by atoms with Gasteiger partial charge in [-0.1, -0.05) is 49.3 Å². The summed E-state index contributed by atoms with van der Waals surface area (Å²) < 4.78 is 0. The summed E-state index contributed by atoms with van der Waals surface area (Å²) in [4.78, 5) is 0. The maximum Gasteiger partial charge on any atom is 0.00600 e. The van der Waals surface area contributed by atoms with Gasteiger partial charge in [0.05, 0.1) is 0 Å². The molecule has 0 fully saturated rings. The molecule has 0 aromatic rings. The van der Waals surface area contributed by atoms with Crippen molar-refractivity contribution in [3.05, 3.63) is 0 Å². The molecule has 0 spiro atoms. The van der Waals surface area contributed by atoms with Gasteiger partial charge >= 0.3 is 0 Å². The summed E-state index contributed by atoms with van der Waals surface area (Å²) in [5.74, 6) is 4.25. The van der Waals surface area contributed by atoms with Crippen LogP contribution in [0.4, 0.5) is 0 Å². The Morgan fingerprint density at radius 2 is 1.09 bits per heavy atom. The lowest BCUT2D eigenvalue weighted by atomic mass is 10.3. The van der Waals surface area contributed by atoms with Crippen LogP contribution in [-0.4, -0.2) is 11.5 Å². The molecule has 3 heteroatoms. The van der Waals surface area contributed by atoms with Gasteiger partial charge in [-0.2, -0.15) is 0 Å². The maximum atomic E-state index is 2.27. The Balaban J connectivity index is 0. The smallest absolute Gasteiger partial charge is 0.00600 e. The fourth-order valence-electron chi connectivity index (χ4n) is 0.368. The molecule has 11 heavy (non-hydrogen) atoms. The Morgan fingerprint density at radius 3 is 1.27 bits per heavy atom. The maximum absolute atomic E-state index is 2.27. The second-order valence-corrected chi connectivity index (χ2v) is 5.91. The van der Waals surface area contributed by atoms with Crippen LogP contribution in [0.25, 0.3) is 0 Å². The lowest BCUT2D eigenvalue weighted by Gasteiger charge is -2.04. The summed E-state index contributed by atoms with van der Waals surface area (Å²) in [6, 6.07) is 0. The van der Waals surface area contributed by atoms with Gasteiger partial charge in [0, 0.05) is 25.0 Å². The van der Waals surface area contributed by atoms with Crippen LogP contribution in [0.3, 0.4) is 0 Å². The Labute approximate surface area is 86.1 Å². The molecule has 0 nitrogen and oxygen atoms in total. The number of hydrogen-bond acceptors (Lipinski definition) is 2. The first-order valence-corrected chi connectivity index (χ1v) is 6.36. The summed E-state index contributed by atoms with van der Waals surface area (Å²) in [6.45, 7) is 9.07. The molecule has 2 radical (unpaired) electrons. The lowest BCUT2D eigenvalue weighted by Crippen LogP contribution is -1.91. The molecule has 0 unspecified atom stereocenters. The molecule has 0 N–H and O–H groups in total. The minimum absolute atomic E-state index is 0. The normalized spacial score (nSPS) is 10.4. The van der Waals surface area contributed by atoms with Gasteiger partial charge in [0.25, 0.3) is 0 Å². The van der Waals surface area contributed by atoms with E-state index in [1.54, 1.807) is 0 Å². The van der Waals surface area contributed by atoms with Crippen LogP contribution < -0.4 is 0 Å². The highest BCUT2D eigenvalue weighted by atomic mass is 33.1. The Hall–Kier alpha value is 1.05. The van der Waals surface area contributed by atoms with Crippen molar-refractivity contribution in [3.8, 4) is 0 Å². The third-order valence-electron chi connectivity index (χ3n) is 0.886. The first-order chi connectivity index (χ1) is 4.63. The summed E-state index contributed by atoms with van der Waals surface area (Å²) in [5, 5.41) is 0. The first kappa shape index (κ1) is 14.6. The van der Waals surface area contributed by atoms with E-state index in [9.17, 15) is 0 Å². The van der Waals surface area contributed by atoms with Crippen LogP contribution in [0.1, 0.15) is 27.7 Å². The van der Waals surface area contributed by atoms with Gasteiger partial charge in [-0.15, -0.1) is 0 Å². The molecule has 0 aromatic carbocycles. The zero-order chi connectivity index (χ0) is 7.98. The van der Waals surface area contributed by atoms with Crippen LogP contribution in [-0.2, 0) is 0 Å². The molecular formula is C8H18S3. The van der Waals surface area contributed by atoms with Crippen LogP contribution in [0.5, 0.6) is 0 Å². The zero-order valence-corrected chi connectivity index (χ0v) is 10.2. The minimum Gasteiger partial charge on any atom is -0.0939 e. The highest BCUT2D eigenvalue weighted by Gasteiger charge is 1.96. The molecule has 0 aliphatic carbocycles. The van der Waals surface area contributed by atoms with Crippen LogP contribution in [0.15, 0.2) is 0 Å². The fraction of sp³-hybridized carbons (Fsp3) is 1.00. The predicted molar refractivity (Wildman–Crippen MR) is 62.2 cm³/mol. The Morgan fingerprint density at radius 1 is 0.818 bits per heavy atom. The third-order valence-corrected chi connectivity index (χ3v) is 3.97. The summed E-state index contributed by atoms with van der Waals surface area (Å²) in [7, 11) is 4.01. The van der Waals surface area contributed by atoms with E-state index < -0.39 is 0 Å². The molecule has 68 valence electrons. The van der Waals surface area contributed by atoms with Crippen molar-refractivity contribution in [3.63, 3.8) is 0 Å². The number of rotatable bonds is 5. The van der Waals surface area contributed by atoms with E-state index in [0.29, 0.717) is 0 Å². The molecule has 0 saturated carbocycles. The average molecular weight is 210 g/mol. The van der Waals surface area contributed by atoms with Crippen molar-refractivity contribution >= 4 is 35.1 Å². The molecule has 0 aliphatic heterocycles. The number of hydrogen-bond donors (Lipinski definition) is 0. The van der Waals surface area contributed by atoms with E-state index in [1.165, 1.54) is 11.5 Å². The summed E-state index contributed by atoms with van der Waals surface area (Å²) in [5.41, 5.74) is 0. The molecule has 0 heterocycles. The second kappa shape index (κ2) is 9.14. The fourth-order valence-corrected chi connectivity index (χ4v) is 3.32. The van der Waals surface area contributed by atoms with Gasteiger partial charge in [0.2, 0.25) is 0 Å². The highest BCUT2D eigenvalue weighted by molar-refractivity contribution is 8.76. The molecule has 0 atom stereocenters. The van der Waals surface area contributed by atoms with Gasteiger partial charge in [-0.25, -0.2) is 0 Å². The van der Waals surface area contributed by atoms with Crippen molar-refractivity contribution in [2.24, 2.45) is 11.8 Å². The van der Waals surface area contributed by atoms with Gasteiger partial charge in [-0.3, -0.25) is 0 Å². The van der Waals surface area contributed by atoms with E-state index in [1.807, 2.05) is 21.6 Å². The van der Waals surface area contributed by atoms with Crippen molar-refractivity contribution in [2.45, 2.75) is 27.7 Å². The third kappa shape index (κ3) is 14.0. The molecular weight excluding hydrogens is 192 g/mol. The van der Waals surface area contributed by atoms with E-state index >= 15 is 0 Å². The van der Waals surface area contributed by atoms with Crippen molar-refractivity contribution < 1.29 is 0 Å². The van der Waals surface area contributed by atoms with Crippen LogP contribution in [0.2, 0.25) is 0 Å². The van der Waals surface area contributed by atoms with Gasteiger partial charge in [0.1, 0.15) is 0 Å².